The SMILES string of the molecule is CCCCN1C(=O)c2ccccc2NC1(C)c1cccs1. The van der Waals surface area contributed by atoms with E-state index >= 15 is 0 Å². The van der Waals surface area contributed by atoms with Gasteiger partial charge in [-0.1, -0.05) is 31.5 Å². The minimum absolute atomic E-state index is 0.119. The molecule has 0 fully saturated rings. The van der Waals surface area contributed by atoms with Crippen LogP contribution in [0.1, 0.15) is 41.9 Å². The Bertz CT molecular complexity index is 638. The van der Waals surface area contributed by atoms with E-state index in [1.54, 1.807) is 11.3 Å². The number of hydrogen-bond acceptors (Lipinski definition) is 3. The maximum absolute atomic E-state index is 12.9. The van der Waals surface area contributed by atoms with Gasteiger partial charge in [-0.25, -0.2) is 0 Å². The number of thiophene rings is 1. The van der Waals surface area contributed by atoms with Gasteiger partial charge in [0.15, 0.2) is 0 Å². The number of carbonyl (C=O) groups is 1. The average Bonchev–Trinajstić information content (AvgIpc) is 3.02. The van der Waals surface area contributed by atoms with Crippen LogP contribution in [0, 0.1) is 0 Å². The molecule has 21 heavy (non-hydrogen) atoms. The minimum Gasteiger partial charge on any atom is -0.358 e. The first kappa shape index (κ1) is 14.1. The summed E-state index contributed by atoms with van der Waals surface area (Å²) in [5.74, 6) is 0.119. The van der Waals surface area contributed by atoms with Crippen LogP contribution in [-0.4, -0.2) is 17.4 Å². The van der Waals surface area contributed by atoms with Gasteiger partial charge in [0.2, 0.25) is 0 Å². The molecule has 1 aliphatic heterocycles. The van der Waals surface area contributed by atoms with E-state index in [1.165, 1.54) is 4.88 Å². The van der Waals surface area contributed by atoms with E-state index < -0.39 is 5.66 Å². The Hall–Kier alpha value is -1.81. The van der Waals surface area contributed by atoms with Gasteiger partial charge >= 0.3 is 0 Å². The zero-order valence-electron chi connectivity index (χ0n) is 12.4. The van der Waals surface area contributed by atoms with Crippen LogP contribution < -0.4 is 5.32 Å². The van der Waals surface area contributed by atoms with Crippen molar-refractivity contribution in [3.8, 4) is 0 Å². The van der Waals surface area contributed by atoms with Crippen molar-refractivity contribution in [1.29, 1.82) is 0 Å². The monoisotopic (exact) mass is 300 g/mol. The van der Waals surface area contributed by atoms with Crippen molar-refractivity contribution in [2.45, 2.75) is 32.4 Å². The molecule has 3 nitrogen and oxygen atoms in total. The van der Waals surface area contributed by atoms with E-state index in [-0.39, 0.29) is 5.91 Å². The van der Waals surface area contributed by atoms with Gasteiger partial charge in [-0.15, -0.1) is 11.3 Å². The van der Waals surface area contributed by atoms with Crippen LogP contribution in [0.15, 0.2) is 41.8 Å². The van der Waals surface area contributed by atoms with E-state index in [9.17, 15) is 4.79 Å². The zero-order chi connectivity index (χ0) is 14.9. The molecule has 0 aliphatic carbocycles. The summed E-state index contributed by atoms with van der Waals surface area (Å²) in [5, 5.41) is 5.64. The predicted molar refractivity (Wildman–Crippen MR) is 87.7 cm³/mol. The lowest BCUT2D eigenvalue weighted by Gasteiger charge is -2.46. The highest BCUT2D eigenvalue weighted by Crippen LogP contribution is 2.39. The summed E-state index contributed by atoms with van der Waals surface area (Å²) in [5.41, 5.74) is 1.23. The van der Waals surface area contributed by atoms with Crippen molar-refractivity contribution in [3.05, 3.63) is 52.2 Å². The third-order valence-corrected chi connectivity index (χ3v) is 5.14. The average molecular weight is 300 g/mol. The van der Waals surface area contributed by atoms with Crippen LogP contribution in [-0.2, 0) is 5.66 Å². The summed E-state index contributed by atoms with van der Waals surface area (Å²) in [6.07, 6.45) is 2.09. The van der Waals surface area contributed by atoms with Crippen LogP contribution in [0.25, 0.3) is 0 Å². The van der Waals surface area contributed by atoms with Gasteiger partial charge in [-0.05, 0) is 36.9 Å². The van der Waals surface area contributed by atoms with Crippen molar-refractivity contribution in [3.63, 3.8) is 0 Å². The Morgan fingerprint density at radius 2 is 2.05 bits per heavy atom. The van der Waals surface area contributed by atoms with Gasteiger partial charge in [-0.2, -0.15) is 0 Å². The van der Waals surface area contributed by atoms with Crippen LogP contribution in [0.2, 0.25) is 0 Å². The number of unbranched alkanes of at least 4 members (excludes halogenated alkanes) is 1. The fraction of sp³-hybridized carbons (Fsp3) is 0.353. The highest BCUT2D eigenvalue weighted by atomic mass is 32.1. The van der Waals surface area contributed by atoms with Crippen molar-refractivity contribution in [2.24, 2.45) is 0 Å². The topological polar surface area (TPSA) is 32.3 Å². The smallest absolute Gasteiger partial charge is 0.258 e. The van der Waals surface area contributed by atoms with Gasteiger partial charge in [0.25, 0.3) is 5.91 Å². The molecule has 1 aliphatic rings. The summed E-state index contributed by atoms with van der Waals surface area (Å²) in [6.45, 7) is 5.02. The molecular formula is C17H20N2OS. The molecule has 3 rings (SSSR count). The Morgan fingerprint density at radius 1 is 1.24 bits per heavy atom. The summed E-state index contributed by atoms with van der Waals surface area (Å²) < 4.78 is 0. The van der Waals surface area contributed by atoms with Crippen molar-refractivity contribution in [2.75, 3.05) is 11.9 Å². The number of amides is 1. The quantitative estimate of drug-likeness (QED) is 0.913. The standard InChI is InChI=1S/C17H20N2OS/c1-3-4-11-19-16(20)13-8-5-6-9-14(13)18-17(19,2)15-10-7-12-21-15/h5-10,12,18H,3-4,11H2,1-2H3. The second-order valence-corrected chi connectivity index (χ2v) is 6.48. The number of benzene rings is 1. The summed E-state index contributed by atoms with van der Waals surface area (Å²) >= 11 is 1.69. The molecule has 1 aromatic carbocycles. The van der Waals surface area contributed by atoms with E-state index in [4.69, 9.17) is 0 Å². The summed E-state index contributed by atoms with van der Waals surface area (Å²) in [7, 11) is 0. The molecule has 4 heteroatoms. The summed E-state index contributed by atoms with van der Waals surface area (Å²) in [4.78, 5) is 16.1. The molecule has 0 saturated carbocycles. The number of rotatable bonds is 4. The molecule has 0 spiro atoms. The highest BCUT2D eigenvalue weighted by molar-refractivity contribution is 7.10. The lowest BCUT2D eigenvalue weighted by molar-refractivity contribution is 0.0538. The largest absolute Gasteiger partial charge is 0.358 e. The predicted octanol–water partition coefficient (Wildman–Crippen LogP) is 4.29. The Labute approximate surface area is 129 Å². The Balaban J connectivity index is 2.07. The van der Waals surface area contributed by atoms with Crippen molar-refractivity contribution < 1.29 is 4.79 Å². The fourth-order valence-electron chi connectivity index (χ4n) is 2.85. The second kappa shape index (κ2) is 5.53. The van der Waals surface area contributed by atoms with E-state index in [0.29, 0.717) is 0 Å². The Kier molecular flexibility index (Phi) is 3.72. The maximum atomic E-state index is 12.9. The van der Waals surface area contributed by atoms with Crippen LogP contribution in [0.3, 0.4) is 0 Å². The molecule has 1 aromatic heterocycles. The van der Waals surface area contributed by atoms with E-state index in [0.717, 1.165) is 30.6 Å². The molecule has 0 bridgehead atoms. The van der Waals surface area contributed by atoms with Gasteiger partial charge < -0.3 is 10.2 Å². The van der Waals surface area contributed by atoms with Gasteiger partial charge in [0.05, 0.1) is 10.4 Å². The zero-order valence-corrected chi connectivity index (χ0v) is 13.2. The number of carbonyl (C=O) groups excluding carboxylic acids is 1. The molecule has 1 N–H and O–H groups in total. The number of fused-ring (bicyclic) bond motifs is 1. The third-order valence-electron chi connectivity index (χ3n) is 4.06. The number of hydrogen-bond donors (Lipinski definition) is 1. The normalized spacial score (nSPS) is 21.0. The molecule has 0 saturated heterocycles. The van der Waals surface area contributed by atoms with Crippen molar-refractivity contribution >= 4 is 22.9 Å². The first-order valence-electron chi connectivity index (χ1n) is 7.40. The van der Waals surface area contributed by atoms with Crippen LogP contribution in [0.4, 0.5) is 5.69 Å². The molecule has 1 atom stereocenters. The van der Waals surface area contributed by atoms with Gasteiger partial charge in [0, 0.05) is 12.2 Å². The van der Waals surface area contributed by atoms with E-state index in [1.807, 2.05) is 35.2 Å². The third kappa shape index (κ3) is 2.33. The molecule has 2 heterocycles. The van der Waals surface area contributed by atoms with E-state index in [2.05, 4.69) is 30.6 Å². The first-order chi connectivity index (χ1) is 10.2. The fourth-order valence-corrected chi connectivity index (χ4v) is 3.70. The molecule has 110 valence electrons. The number of para-hydroxylation sites is 1. The van der Waals surface area contributed by atoms with Gasteiger partial charge in [0.1, 0.15) is 5.66 Å². The van der Waals surface area contributed by atoms with Crippen LogP contribution in [0.5, 0.6) is 0 Å². The molecule has 1 unspecified atom stereocenters. The lowest BCUT2D eigenvalue weighted by Crippen LogP contribution is -2.55. The maximum Gasteiger partial charge on any atom is 0.258 e. The number of nitrogens with one attached hydrogen (secondary N) is 1. The molecular weight excluding hydrogens is 280 g/mol. The summed E-state index contributed by atoms with van der Waals surface area (Å²) in [6, 6.07) is 11.9. The molecule has 2 aromatic rings. The molecule has 1 amide bonds. The van der Waals surface area contributed by atoms with Crippen molar-refractivity contribution in [1.82, 2.24) is 4.90 Å². The first-order valence-corrected chi connectivity index (χ1v) is 8.28. The number of anilines is 1. The Morgan fingerprint density at radius 3 is 2.76 bits per heavy atom. The highest BCUT2D eigenvalue weighted by Gasteiger charge is 2.42. The number of nitrogens with zero attached hydrogens (tertiary/aromatic N) is 1. The molecule has 0 radical (unpaired) electrons. The second-order valence-electron chi connectivity index (χ2n) is 5.53. The van der Waals surface area contributed by atoms with Crippen LogP contribution >= 0.6 is 11.3 Å². The minimum atomic E-state index is -0.464. The van der Waals surface area contributed by atoms with Gasteiger partial charge in [-0.3, -0.25) is 4.79 Å². The lowest BCUT2D eigenvalue weighted by atomic mass is 9.98.